The summed E-state index contributed by atoms with van der Waals surface area (Å²) in [6.07, 6.45) is 2.59. The summed E-state index contributed by atoms with van der Waals surface area (Å²) < 4.78 is 10.0. The third-order valence-corrected chi connectivity index (χ3v) is 2.46. The van der Waals surface area contributed by atoms with Crippen LogP contribution >= 0.6 is 0 Å². The molecule has 1 fully saturated rings. The summed E-state index contributed by atoms with van der Waals surface area (Å²) in [7, 11) is 0. The number of carboxylic acids is 1. The zero-order valence-electron chi connectivity index (χ0n) is 9.55. The van der Waals surface area contributed by atoms with Gasteiger partial charge < -0.3 is 19.9 Å². The van der Waals surface area contributed by atoms with Gasteiger partial charge in [0.15, 0.2) is 6.04 Å². The third kappa shape index (κ3) is 4.44. The first kappa shape index (κ1) is 13.5. The molecule has 1 amide bonds. The van der Waals surface area contributed by atoms with Crippen LogP contribution in [0.25, 0.3) is 0 Å². The smallest absolute Gasteiger partial charge is 0.408 e. The van der Waals surface area contributed by atoms with Gasteiger partial charge in [-0.05, 0) is 19.3 Å². The number of carboxylic acid groups (broad SMARTS) is 1. The molecular formula is C11H17NO5. The molecule has 1 heterocycles. The van der Waals surface area contributed by atoms with E-state index < -0.39 is 24.2 Å². The van der Waals surface area contributed by atoms with E-state index in [1.165, 1.54) is 6.08 Å². The van der Waals surface area contributed by atoms with Crippen molar-refractivity contribution in [3.8, 4) is 0 Å². The molecular weight excluding hydrogens is 226 g/mol. The second-order valence-electron chi connectivity index (χ2n) is 3.75. The van der Waals surface area contributed by atoms with E-state index in [9.17, 15) is 9.59 Å². The minimum atomic E-state index is -1.12. The predicted octanol–water partition coefficient (Wildman–Crippen LogP) is 0.921. The first-order valence-corrected chi connectivity index (χ1v) is 5.53. The topological polar surface area (TPSA) is 84.9 Å². The summed E-state index contributed by atoms with van der Waals surface area (Å²) in [5, 5.41) is 11.3. The second-order valence-corrected chi connectivity index (χ2v) is 3.75. The molecule has 6 heteroatoms. The van der Waals surface area contributed by atoms with Gasteiger partial charge in [0.2, 0.25) is 0 Å². The Balaban J connectivity index is 2.50. The summed E-state index contributed by atoms with van der Waals surface area (Å²) in [6.45, 7) is 3.96. The van der Waals surface area contributed by atoms with E-state index in [0.717, 1.165) is 12.8 Å². The summed E-state index contributed by atoms with van der Waals surface area (Å²) >= 11 is 0. The normalized spacial score (nSPS) is 21.3. The van der Waals surface area contributed by atoms with Crippen LogP contribution < -0.4 is 5.32 Å². The van der Waals surface area contributed by atoms with Gasteiger partial charge in [-0.15, -0.1) is 0 Å². The van der Waals surface area contributed by atoms with Crippen molar-refractivity contribution in [1.29, 1.82) is 0 Å². The Kier molecular flexibility index (Phi) is 5.48. The van der Waals surface area contributed by atoms with Gasteiger partial charge in [0.25, 0.3) is 0 Å². The van der Waals surface area contributed by atoms with Crippen LogP contribution in [0.15, 0.2) is 12.7 Å². The molecule has 2 unspecified atom stereocenters. The van der Waals surface area contributed by atoms with Crippen LogP contribution in [-0.2, 0) is 14.3 Å². The van der Waals surface area contributed by atoms with E-state index >= 15 is 0 Å². The number of carbonyl (C=O) groups excluding carboxylic acids is 1. The maximum atomic E-state index is 11.3. The highest BCUT2D eigenvalue weighted by molar-refractivity contribution is 5.80. The Hall–Kier alpha value is -1.56. The van der Waals surface area contributed by atoms with E-state index in [-0.39, 0.29) is 6.61 Å². The highest BCUT2D eigenvalue weighted by Gasteiger charge is 2.32. The van der Waals surface area contributed by atoms with Crippen molar-refractivity contribution in [2.45, 2.75) is 31.4 Å². The van der Waals surface area contributed by atoms with Gasteiger partial charge >= 0.3 is 12.1 Å². The number of ether oxygens (including phenoxy) is 2. The fourth-order valence-corrected chi connectivity index (χ4v) is 1.65. The van der Waals surface area contributed by atoms with Crippen LogP contribution in [-0.4, -0.2) is 42.5 Å². The molecule has 0 radical (unpaired) electrons. The van der Waals surface area contributed by atoms with Crippen LogP contribution in [0.2, 0.25) is 0 Å². The average molecular weight is 243 g/mol. The summed E-state index contributed by atoms with van der Waals surface area (Å²) in [5.74, 6) is -1.12. The largest absolute Gasteiger partial charge is 0.480 e. The molecule has 96 valence electrons. The summed E-state index contributed by atoms with van der Waals surface area (Å²) in [6, 6.07) is -1.06. The molecule has 0 spiro atoms. The molecule has 0 saturated carbocycles. The maximum absolute atomic E-state index is 11.3. The Morgan fingerprint density at radius 3 is 2.88 bits per heavy atom. The lowest BCUT2D eigenvalue weighted by atomic mass is 10.0. The minimum Gasteiger partial charge on any atom is -0.480 e. The number of hydrogen-bond donors (Lipinski definition) is 2. The zero-order chi connectivity index (χ0) is 12.7. The van der Waals surface area contributed by atoms with Crippen LogP contribution in [0.3, 0.4) is 0 Å². The lowest BCUT2D eigenvalue weighted by molar-refractivity contribution is -0.144. The molecule has 0 aromatic heterocycles. The first-order valence-electron chi connectivity index (χ1n) is 5.53. The first-order chi connectivity index (χ1) is 8.15. The molecule has 17 heavy (non-hydrogen) atoms. The van der Waals surface area contributed by atoms with Crippen molar-refractivity contribution in [3.63, 3.8) is 0 Å². The number of hydrogen-bond acceptors (Lipinski definition) is 4. The second kappa shape index (κ2) is 6.90. The number of amides is 1. The molecule has 1 rings (SSSR count). The Bertz CT molecular complexity index is 286. The van der Waals surface area contributed by atoms with Crippen molar-refractivity contribution in [2.75, 3.05) is 13.2 Å². The van der Waals surface area contributed by atoms with Gasteiger partial charge in [0, 0.05) is 6.61 Å². The van der Waals surface area contributed by atoms with Gasteiger partial charge in [0.05, 0.1) is 6.10 Å². The highest BCUT2D eigenvalue weighted by Crippen LogP contribution is 2.16. The quantitative estimate of drug-likeness (QED) is 0.701. The van der Waals surface area contributed by atoms with E-state index in [1.54, 1.807) is 0 Å². The van der Waals surface area contributed by atoms with Crippen molar-refractivity contribution in [1.82, 2.24) is 5.32 Å². The number of carbonyl (C=O) groups is 2. The van der Waals surface area contributed by atoms with Gasteiger partial charge in [0.1, 0.15) is 6.61 Å². The summed E-state index contributed by atoms with van der Waals surface area (Å²) in [5.41, 5.74) is 0. The zero-order valence-corrected chi connectivity index (χ0v) is 9.55. The number of nitrogens with one attached hydrogen (secondary N) is 1. The average Bonchev–Trinajstić information content (AvgIpc) is 2.34. The van der Waals surface area contributed by atoms with Crippen LogP contribution in [0.1, 0.15) is 19.3 Å². The molecule has 2 N–H and O–H groups in total. The number of aliphatic carboxylic acids is 1. The lowest BCUT2D eigenvalue weighted by Crippen LogP contribution is -2.50. The molecule has 1 aliphatic rings. The maximum Gasteiger partial charge on any atom is 0.408 e. The Morgan fingerprint density at radius 1 is 1.59 bits per heavy atom. The van der Waals surface area contributed by atoms with Crippen molar-refractivity contribution >= 4 is 12.1 Å². The monoisotopic (exact) mass is 243 g/mol. The van der Waals surface area contributed by atoms with Crippen LogP contribution in [0.4, 0.5) is 4.79 Å². The molecule has 2 atom stereocenters. The Labute approximate surface area is 99.6 Å². The third-order valence-electron chi connectivity index (χ3n) is 2.46. The molecule has 0 aliphatic carbocycles. The molecule has 6 nitrogen and oxygen atoms in total. The van der Waals surface area contributed by atoms with Gasteiger partial charge in [-0.3, -0.25) is 0 Å². The molecule has 1 aliphatic heterocycles. The number of rotatable bonds is 5. The number of alkyl carbamates (subject to hydrolysis) is 1. The van der Waals surface area contributed by atoms with Crippen molar-refractivity contribution in [2.24, 2.45) is 0 Å². The highest BCUT2D eigenvalue weighted by atomic mass is 16.5. The van der Waals surface area contributed by atoms with E-state index in [0.29, 0.717) is 13.0 Å². The standard InChI is InChI=1S/C11H17NO5/c1-2-6-17-11(15)12-9(10(13)14)8-5-3-4-7-16-8/h2,8-9H,1,3-7H2,(H,12,15)(H,13,14). The van der Waals surface area contributed by atoms with E-state index in [2.05, 4.69) is 16.6 Å². The van der Waals surface area contributed by atoms with Gasteiger partial charge in [-0.2, -0.15) is 0 Å². The lowest BCUT2D eigenvalue weighted by Gasteiger charge is -2.28. The minimum absolute atomic E-state index is 0.0453. The van der Waals surface area contributed by atoms with Gasteiger partial charge in [-0.25, -0.2) is 9.59 Å². The molecule has 0 aromatic rings. The predicted molar refractivity (Wildman–Crippen MR) is 59.7 cm³/mol. The fraction of sp³-hybridized carbons (Fsp3) is 0.636. The SMILES string of the molecule is C=CCOC(=O)NC(C(=O)O)C1CCCCO1. The summed E-state index contributed by atoms with van der Waals surface area (Å²) in [4.78, 5) is 22.3. The van der Waals surface area contributed by atoms with Crippen molar-refractivity contribution in [3.05, 3.63) is 12.7 Å². The molecule has 1 saturated heterocycles. The van der Waals surface area contributed by atoms with Crippen LogP contribution in [0, 0.1) is 0 Å². The van der Waals surface area contributed by atoms with Crippen LogP contribution in [0.5, 0.6) is 0 Å². The molecule has 0 bridgehead atoms. The van der Waals surface area contributed by atoms with E-state index in [4.69, 9.17) is 9.84 Å². The molecule has 0 aromatic carbocycles. The Morgan fingerprint density at radius 2 is 2.35 bits per heavy atom. The van der Waals surface area contributed by atoms with Crippen molar-refractivity contribution < 1.29 is 24.2 Å². The van der Waals surface area contributed by atoms with E-state index in [1.807, 2.05) is 0 Å². The fourth-order valence-electron chi connectivity index (χ4n) is 1.65. The van der Waals surface area contributed by atoms with Gasteiger partial charge in [-0.1, -0.05) is 12.7 Å².